The van der Waals surface area contributed by atoms with Crippen LogP contribution in [0.3, 0.4) is 0 Å². The predicted octanol–water partition coefficient (Wildman–Crippen LogP) is 2.57. The van der Waals surface area contributed by atoms with Crippen molar-refractivity contribution < 1.29 is 0 Å². The summed E-state index contributed by atoms with van der Waals surface area (Å²) >= 11 is 0. The minimum Gasteiger partial charge on any atom is -0.309 e. The van der Waals surface area contributed by atoms with Crippen LogP contribution in [0.15, 0.2) is 30.3 Å². The summed E-state index contributed by atoms with van der Waals surface area (Å²) in [5.41, 5.74) is 1.92. The van der Waals surface area contributed by atoms with Crippen LogP contribution in [0, 0.1) is 5.41 Å². The highest BCUT2D eigenvalue weighted by molar-refractivity contribution is 5.15. The van der Waals surface area contributed by atoms with Gasteiger partial charge in [-0.05, 0) is 17.4 Å². The van der Waals surface area contributed by atoms with E-state index in [1.165, 1.54) is 12.0 Å². The molecule has 0 radical (unpaired) electrons. The minimum atomic E-state index is 0.536. The summed E-state index contributed by atoms with van der Waals surface area (Å²) < 4.78 is 0. The fourth-order valence-electron chi connectivity index (χ4n) is 1.65. The maximum atomic E-state index is 3.56. The Morgan fingerprint density at radius 3 is 2.46 bits per heavy atom. The first-order valence-corrected chi connectivity index (χ1v) is 4.96. The van der Waals surface area contributed by atoms with E-state index in [0.29, 0.717) is 5.41 Å². The number of benzene rings is 1. The van der Waals surface area contributed by atoms with Crippen molar-refractivity contribution in [2.45, 2.75) is 32.9 Å². The molecule has 1 aromatic rings. The lowest BCUT2D eigenvalue weighted by Crippen LogP contribution is -2.19. The van der Waals surface area contributed by atoms with E-state index in [2.05, 4.69) is 49.5 Å². The second kappa shape index (κ2) is 3.15. The summed E-state index contributed by atoms with van der Waals surface area (Å²) in [6.45, 7) is 5.64. The zero-order valence-corrected chi connectivity index (χ0v) is 8.38. The van der Waals surface area contributed by atoms with Crippen molar-refractivity contribution in [3.05, 3.63) is 35.9 Å². The third-order valence-electron chi connectivity index (χ3n) is 2.91. The van der Waals surface area contributed by atoms with E-state index in [4.69, 9.17) is 0 Å². The Morgan fingerprint density at radius 1 is 1.31 bits per heavy atom. The molecular weight excluding hydrogens is 158 g/mol. The van der Waals surface area contributed by atoms with Gasteiger partial charge in [-0.3, -0.25) is 0 Å². The van der Waals surface area contributed by atoms with Crippen molar-refractivity contribution in [3.8, 4) is 0 Å². The highest BCUT2D eigenvalue weighted by Crippen LogP contribution is 2.44. The van der Waals surface area contributed by atoms with Crippen molar-refractivity contribution in [2.75, 3.05) is 0 Å². The van der Waals surface area contributed by atoms with Crippen molar-refractivity contribution >= 4 is 0 Å². The highest BCUT2D eigenvalue weighted by atomic mass is 15.0. The Morgan fingerprint density at radius 2 is 1.92 bits per heavy atom. The lowest BCUT2D eigenvalue weighted by Gasteiger charge is -2.05. The molecule has 0 aromatic heterocycles. The molecule has 0 aliphatic heterocycles. The van der Waals surface area contributed by atoms with Crippen LogP contribution < -0.4 is 5.32 Å². The molecule has 1 aliphatic carbocycles. The Kier molecular flexibility index (Phi) is 2.12. The van der Waals surface area contributed by atoms with Gasteiger partial charge in [-0.2, -0.15) is 0 Å². The summed E-state index contributed by atoms with van der Waals surface area (Å²) in [6.07, 6.45) is 1.32. The van der Waals surface area contributed by atoms with Crippen LogP contribution in [0.4, 0.5) is 0 Å². The SMILES string of the molecule is CC1(C)CC1NCc1ccccc1. The van der Waals surface area contributed by atoms with E-state index in [9.17, 15) is 0 Å². The Bertz CT molecular complexity index is 276. The molecule has 1 fully saturated rings. The third-order valence-corrected chi connectivity index (χ3v) is 2.91. The van der Waals surface area contributed by atoms with Crippen LogP contribution in [0.2, 0.25) is 0 Å². The Hall–Kier alpha value is -0.820. The van der Waals surface area contributed by atoms with Gasteiger partial charge in [0.25, 0.3) is 0 Å². The van der Waals surface area contributed by atoms with Crippen molar-refractivity contribution in [1.29, 1.82) is 0 Å². The summed E-state index contributed by atoms with van der Waals surface area (Å²) in [7, 11) is 0. The smallest absolute Gasteiger partial charge is 0.0208 e. The molecule has 1 atom stereocenters. The van der Waals surface area contributed by atoms with E-state index in [1.807, 2.05) is 0 Å². The molecule has 1 saturated carbocycles. The van der Waals surface area contributed by atoms with Crippen LogP contribution >= 0.6 is 0 Å². The quantitative estimate of drug-likeness (QED) is 0.744. The predicted molar refractivity (Wildman–Crippen MR) is 55.5 cm³/mol. The first-order chi connectivity index (χ1) is 6.18. The molecule has 1 heteroatoms. The first-order valence-electron chi connectivity index (χ1n) is 4.96. The minimum absolute atomic E-state index is 0.536. The van der Waals surface area contributed by atoms with Gasteiger partial charge in [-0.25, -0.2) is 0 Å². The van der Waals surface area contributed by atoms with Crippen LogP contribution in [0.1, 0.15) is 25.8 Å². The second-order valence-corrected chi connectivity index (χ2v) is 4.61. The first kappa shape index (κ1) is 8.76. The van der Waals surface area contributed by atoms with Gasteiger partial charge in [-0.1, -0.05) is 44.2 Å². The molecule has 0 amide bonds. The van der Waals surface area contributed by atoms with E-state index in [0.717, 1.165) is 12.6 Å². The summed E-state index contributed by atoms with van der Waals surface area (Å²) in [5.74, 6) is 0. The third kappa shape index (κ3) is 2.10. The highest BCUT2D eigenvalue weighted by Gasteiger charge is 2.44. The van der Waals surface area contributed by atoms with Crippen molar-refractivity contribution in [2.24, 2.45) is 5.41 Å². The van der Waals surface area contributed by atoms with E-state index >= 15 is 0 Å². The van der Waals surface area contributed by atoms with E-state index < -0.39 is 0 Å². The number of rotatable bonds is 3. The number of nitrogens with one attached hydrogen (secondary N) is 1. The lowest BCUT2D eigenvalue weighted by atomic mass is 10.2. The molecule has 70 valence electrons. The zero-order valence-electron chi connectivity index (χ0n) is 8.38. The van der Waals surface area contributed by atoms with Gasteiger partial charge < -0.3 is 5.32 Å². The van der Waals surface area contributed by atoms with E-state index in [-0.39, 0.29) is 0 Å². The van der Waals surface area contributed by atoms with Crippen LogP contribution in [0.25, 0.3) is 0 Å². The average Bonchev–Trinajstić information content (AvgIpc) is 2.73. The summed E-state index contributed by atoms with van der Waals surface area (Å²) in [5, 5.41) is 3.56. The Labute approximate surface area is 80.2 Å². The molecule has 1 aliphatic rings. The molecule has 2 rings (SSSR count). The lowest BCUT2D eigenvalue weighted by molar-refractivity contribution is 0.542. The van der Waals surface area contributed by atoms with Gasteiger partial charge in [0.1, 0.15) is 0 Å². The van der Waals surface area contributed by atoms with Gasteiger partial charge in [0, 0.05) is 12.6 Å². The number of hydrogen-bond donors (Lipinski definition) is 1. The molecule has 0 saturated heterocycles. The molecule has 1 nitrogen and oxygen atoms in total. The number of hydrogen-bond acceptors (Lipinski definition) is 1. The maximum absolute atomic E-state index is 3.56. The normalized spacial score (nSPS) is 24.3. The molecule has 0 heterocycles. The van der Waals surface area contributed by atoms with Gasteiger partial charge in [0.05, 0.1) is 0 Å². The standard InChI is InChI=1S/C12H17N/c1-12(2)8-11(12)13-9-10-6-4-3-5-7-10/h3-7,11,13H,8-9H2,1-2H3. The molecular formula is C12H17N. The summed E-state index contributed by atoms with van der Waals surface area (Å²) in [6, 6.07) is 11.3. The van der Waals surface area contributed by atoms with Crippen LogP contribution in [-0.4, -0.2) is 6.04 Å². The van der Waals surface area contributed by atoms with Gasteiger partial charge >= 0.3 is 0 Å². The fourth-order valence-corrected chi connectivity index (χ4v) is 1.65. The topological polar surface area (TPSA) is 12.0 Å². The van der Waals surface area contributed by atoms with Gasteiger partial charge in [0.15, 0.2) is 0 Å². The van der Waals surface area contributed by atoms with Gasteiger partial charge in [0.2, 0.25) is 0 Å². The monoisotopic (exact) mass is 175 g/mol. The average molecular weight is 175 g/mol. The zero-order chi connectivity index (χ0) is 9.31. The summed E-state index contributed by atoms with van der Waals surface area (Å²) in [4.78, 5) is 0. The van der Waals surface area contributed by atoms with E-state index in [1.54, 1.807) is 0 Å². The van der Waals surface area contributed by atoms with Crippen LogP contribution in [0.5, 0.6) is 0 Å². The van der Waals surface area contributed by atoms with Gasteiger partial charge in [-0.15, -0.1) is 0 Å². The molecule has 13 heavy (non-hydrogen) atoms. The second-order valence-electron chi connectivity index (χ2n) is 4.61. The van der Waals surface area contributed by atoms with Crippen molar-refractivity contribution in [3.63, 3.8) is 0 Å². The molecule has 1 unspecified atom stereocenters. The molecule has 0 spiro atoms. The Balaban J connectivity index is 1.82. The molecule has 0 bridgehead atoms. The maximum Gasteiger partial charge on any atom is 0.0208 e. The van der Waals surface area contributed by atoms with Crippen molar-refractivity contribution in [1.82, 2.24) is 5.32 Å². The molecule has 1 N–H and O–H groups in total. The fraction of sp³-hybridized carbons (Fsp3) is 0.500. The molecule has 1 aromatic carbocycles. The largest absolute Gasteiger partial charge is 0.309 e. The van der Waals surface area contributed by atoms with Crippen LogP contribution in [-0.2, 0) is 6.54 Å².